The number of halogens is 1. The largest absolute Gasteiger partial charge is 0.454 e. The Kier molecular flexibility index (Phi) is 8.55. The molecule has 0 radical (unpaired) electrons. The summed E-state index contributed by atoms with van der Waals surface area (Å²) < 4.78 is 38.7. The zero-order chi connectivity index (χ0) is 26.7. The number of benzene rings is 2. The third kappa shape index (κ3) is 6.91. The number of amides is 2. The molecule has 1 N–H and O–H groups in total. The number of carbonyl (C=O) groups is 2. The van der Waals surface area contributed by atoms with Gasteiger partial charge in [0.05, 0.1) is 11.4 Å². The van der Waals surface area contributed by atoms with Gasteiger partial charge in [-0.3, -0.25) is 13.9 Å². The van der Waals surface area contributed by atoms with Crippen LogP contribution in [0.2, 0.25) is 0 Å². The molecule has 2 amide bonds. The van der Waals surface area contributed by atoms with Crippen LogP contribution in [0.1, 0.15) is 40.2 Å². The standard InChI is InChI=1S/C25H32BrN3O6S/c1-6-36(32,33)29(20-11-12-21-22(13-20)35-16-34-21)15-23(30)28(14-18-7-9-19(26)10-8-18)17(2)24(31)27-25(3,4)5/h7-13,17H,6,14-16H2,1-5H3,(H,27,31). The summed E-state index contributed by atoms with van der Waals surface area (Å²) in [6.45, 7) is 8.41. The van der Waals surface area contributed by atoms with Crippen LogP contribution in [-0.2, 0) is 26.2 Å². The minimum atomic E-state index is -3.83. The monoisotopic (exact) mass is 581 g/mol. The van der Waals surface area contributed by atoms with Crippen molar-refractivity contribution in [1.82, 2.24) is 10.2 Å². The zero-order valence-corrected chi connectivity index (χ0v) is 23.5. The smallest absolute Gasteiger partial charge is 0.244 e. The Morgan fingerprint density at radius 1 is 1.08 bits per heavy atom. The van der Waals surface area contributed by atoms with Crippen molar-refractivity contribution < 1.29 is 27.5 Å². The molecule has 0 aromatic heterocycles. The van der Waals surface area contributed by atoms with Crippen LogP contribution in [0, 0.1) is 0 Å². The van der Waals surface area contributed by atoms with Crippen molar-refractivity contribution in [2.24, 2.45) is 0 Å². The lowest BCUT2D eigenvalue weighted by molar-refractivity contribution is -0.140. The van der Waals surface area contributed by atoms with Crippen LogP contribution >= 0.6 is 15.9 Å². The molecule has 2 aromatic carbocycles. The molecule has 0 saturated carbocycles. The minimum absolute atomic E-state index is 0.0413. The summed E-state index contributed by atoms with van der Waals surface area (Å²) in [5.41, 5.74) is 0.585. The Hall–Kier alpha value is -2.79. The first kappa shape index (κ1) is 27.8. The van der Waals surface area contributed by atoms with Crippen LogP contribution in [0.25, 0.3) is 0 Å². The number of rotatable bonds is 9. The second-order valence-electron chi connectivity index (χ2n) is 9.51. The number of hydrogen-bond donors (Lipinski definition) is 1. The average molecular weight is 583 g/mol. The second-order valence-corrected chi connectivity index (χ2v) is 12.6. The lowest BCUT2D eigenvalue weighted by Gasteiger charge is -2.33. The summed E-state index contributed by atoms with van der Waals surface area (Å²) in [4.78, 5) is 28.1. The zero-order valence-electron chi connectivity index (χ0n) is 21.1. The van der Waals surface area contributed by atoms with Gasteiger partial charge in [0.1, 0.15) is 12.6 Å². The van der Waals surface area contributed by atoms with E-state index in [0.717, 1.165) is 14.3 Å². The van der Waals surface area contributed by atoms with E-state index >= 15 is 0 Å². The van der Waals surface area contributed by atoms with Crippen molar-refractivity contribution in [1.29, 1.82) is 0 Å². The Balaban J connectivity index is 1.94. The Morgan fingerprint density at radius 3 is 2.33 bits per heavy atom. The Labute approximate surface area is 220 Å². The Morgan fingerprint density at radius 2 is 1.72 bits per heavy atom. The van der Waals surface area contributed by atoms with Gasteiger partial charge in [0.2, 0.25) is 28.6 Å². The van der Waals surface area contributed by atoms with Crippen LogP contribution < -0.4 is 19.1 Å². The molecule has 1 atom stereocenters. The van der Waals surface area contributed by atoms with Gasteiger partial charge in [-0.1, -0.05) is 28.1 Å². The van der Waals surface area contributed by atoms with Gasteiger partial charge in [-0.15, -0.1) is 0 Å². The van der Waals surface area contributed by atoms with E-state index in [1.54, 1.807) is 19.1 Å². The molecule has 0 aliphatic carbocycles. The van der Waals surface area contributed by atoms with E-state index in [2.05, 4.69) is 21.2 Å². The van der Waals surface area contributed by atoms with E-state index in [0.29, 0.717) is 11.5 Å². The van der Waals surface area contributed by atoms with Crippen LogP contribution in [0.4, 0.5) is 5.69 Å². The van der Waals surface area contributed by atoms with Gasteiger partial charge in [-0.2, -0.15) is 0 Å². The molecule has 9 nitrogen and oxygen atoms in total. The van der Waals surface area contributed by atoms with E-state index in [9.17, 15) is 18.0 Å². The number of nitrogens with one attached hydrogen (secondary N) is 1. The van der Waals surface area contributed by atoms with Crippen LogP contribution in [0.3, 0.4) is 0 Å². The molecule has 2 aromatic rings. The highest BCUT2D eigenvalue weighted by Gasteiger charge is 2.32. The molecule has 36 heavy (non-hydrogen) atoms. The van der Waals surface area contributed by atoms with Gasteiger partial charge in [-0.05, 0) is 64.4 Å². The summed E-state index contributed by atoms with van der Waals surface area (Å²) in [7, 11) is -3.83. The molecule has 1 unspecified atom stereocenters. The SMILES string of the molecule is CCS(=O)(=O)N(CC(=O)N(Cc1ccc(Br)cc1)C(C)C(=O)NC(C)(C)C)c1ccc2c(c1)OCO2. The van der Waals surface area contributed by atoms with Crippen molar-refractivity contribution >= 4 is 43.5 Å². The predicted octanol–water partition coefficient (Wildman–Crippen LogP) is 3.67. The molecule has 0 bridgehead atoms. The first-order chi connectivity index (χ1) is 16.8. The molecule has 0 spiro atoms. The maximum absolute atomic E-state index is 13.7. The maximum atomic E-state index is 13.7. The number of ether oxygens (including phenoxy) is 2. The second kappa shape index (κ2) is 11.1. The van der Waals surface area contributed by atoms with Crippen molar-refractivity contribution in [3.63, 3.8) is 0 Å². The summed E-state index contributed by atoms with van der Waals surface area (Å²) in [5.74, 6) is -0.143. The number of sulfonamides is 1. The van der Waals surface area contributed by atoms with Crippen LogP contribution in [0.15, 0.2) is 46.9 Å². The molecule has 1 aliphatic rings. The van der Waals surface area contributed by atoms with E-state index in [1.165, 1.54) is 17.9 Å². The van der Waals surface area contributed by atoms with Gasteiger partial charge >= 0.3 is 0 Å². The number of carbonyl (C=O) groups excluding carboxylic acids is 2. The third-order valence-electron chi connectivity index (χ3n) is 5.56. The van der Waals surface area contributed by atoms with Crippen molar-refractivity contribution in [2.75, 3.05) is 23.4 Å². The molecular formula is C25H32BrN3O6S. The third-order valence-corrected chi connectivity index (χ3v) is 7.83. The summed E-state index contributed by atoms with van der Waals surface area (Å²) >= 11 is 3.40. The molecule has 1 heterocycles. The Bertz CT molecular complexity index is 1210. The van der Waals surface area contributed by atoms with E-state index in [4.69, 9.17) is 9.47 Å². The van der Waals surface area contributed by atoms with E-state index in [-0.39, 0.29) is 30.7 Å². The topological polar surface area (TPSA) is 105 Å². The van der Waals surface area contributed by atoms with Crippen molar-refractivity contribution in [2.45, 2.75) is 52.7 Å². The molecule has 1 aliphatic heterocycles. The lowest BCUT2D eigenvalue weighted by atomic mass is 10.1. The van der Waals surface area contributed by atoms with Gasteiger partial charge < -0.3 is 19.7 Å². The molecular weight excluding hydrogens is 550 g/mol. The highest BCUT2D eigenvalue weighted by molar-refractivity contribution is 9.10. The minimum Gasteiger partial charge on any atom is -0.454 e. The van der Waals surface area contributed by atoms with Gasteiger partial charge in [0.25, 0.3) is 0 Å². The first-order valence-electron chi connectivity index (χ1n) is 11.6. The molecule has 0 fully saturated rings. The number of nitrogens with zero attached hydrogens (tertiary/aromatic N) is 2. The lowest BCUT2D eigenvalue weighted by Crippen LogP contribution is -2.54. The van der Waals surface area contributed by atoms with Crippen molar-refractivity contribution in [3.05, 3.63) is 52.5 Å². The van der Waals surface area contributed by atoms with Gasteiger partial charge in [-0.25, -0.2) is 8.42 Å². The van der Waals surface area contributed by atoms with Crippen LogP contribution in [-0.4, -0.2) is 55.8 Å². The quantitative estimate of drug-likeness (QED) is 0.484. The molecule has 196 valence electrons. The van der Waals surface area contributed by atoms with Crippen molar-refractivity contribution in [3.8, 4) is 11.5 Å². The fraction of sp³-hybridized carbons (Fsp3) is 0.440. The first-order valence-corrected chi connectivity index (χ1v) is 14.0. The van der Waals surface area contributed by atoms with Crippen LogP contribution in [0.5, 0.6) is 11.5 Å². The van der Waals surface area contributed by atoms with E-state index in [1.807, 2.05) is 45.0 Å². The fourth-order valence-electron chi connectivity index (χ4n) is 3.60. The summed E-state index contributed by atoms with van der Waals surface area (Å²) in [5, 5.41) is 2.90. The maximum Gasteiger partial charge on any atom is 0.244 e. The molecule has 0 saturated heterocycles. The highest BCUT2D eigenvalue weighted by atomic mass is 79.9. The fourth-order valence-corrected chi connectivity index (χ4v) is 4.92. The number of anilines is 1. The summed E-state index contributed by atoms with van der Waals surface area (Å²) in [6.07, 6.45) is 0. The number of hydrogen-bond acceptors (Lipinski definition) is 6. The average Bonchev–Trinajstić information content (AvgIpc) is 3.28. The molecule has 11 heteroatoms. The summed E-state index contributed by atoms with van der Waals surface area (Å²) in [6, 6.07) is 11.3. The van der Waals surface area contributed by atoms with E-state index < -0.39 is 34.1 Å². The van der Waals surface area contributed by atoms with Gasteiger partial charge in [0.15, 0.2) is 11.5 Å². The van der Waals surface area contributed by atoms with Gasteiger partial charge in [0, 0.05) is 22.6 Å². The normalized spacial score (nSPS) is 13.7. The highest BCUT2D eigenvalue weighted by Crippen LogP contribution is 2.36. The predicted molar refractivity (Wildman–Crippen MR) is 141 cm³/mol. The number of fused-ring (bicyclic) bond motifs is 1. The molecule has 3 rings (SSSR count).